The van der Waals surface area contributed by atoms with Gasteiger partial charge in [0.25, 0.3) is 5.91 Å². The van der Waals surface area contributed by atoms with Crippen LogP contribution < -0.4 is 9.47 Å². The monoisotopic (exact) mass is 311 g/mol. The van der Waals surface area contributed by atoms with Crippen LogP contribution in [0.5, 0.6) is 11.5 Å². The van der Waals surface area contributed by atoms with E-state index in [-0.39, 0.29) is 5.91 Å². The van der Waals surface area contributed by atoms with Gasteiger partial charge in [0.15, 0.2) is 11.5 Å². The summed E-state index contributed by atoms with van der Waals surface area (Å²) >= 11 is 6.18. The summed E-state index contributed by atoms with van der Waals surface area (Å²) in [5, 5.41) is 0.387. The predicted molar refractivity (Wildman–Crippen MR) is 83.4 cm³/mol. The molecule has 0 unspecified atom stereocenters. The molecule has 1 aromatic rings. The van der Waals surface area contributed by atoms with E-state index in [4.69, 9.17) is 21.1 Å². The lowest BCUT2D eigenvalue weighted by Gasteiger charge is -2.35. The molecule has 1 aliphatic rings. The van der Waals surface area contributed by atoms with Crippen LogP contribution in [0.15, 0.2) is 12.1 Å². The number of likely N-dealkylation sites (tertiary alicyclic amines) is 1. The molecule has 1 aliphatic heterocycles. The Morgan fingerprint density at radius 1 is 1.19 bits per heavy atom. The topological polar surface area (TPSA) is 38.8 Å². The van der Waals surface area contributed by atoms with Gasteiger partial charge in [-0.25, -0.2) is 0 Å². The number of carbonyl (C=O) groups is 1. The highest BCUT2D eigenvalue weighted by Gasteiger charge is 2.27. The molecular weight excluding hydrogens is 290 g/mol. The first-order chi connectivity index (χ1) is 9.96. The lowest BCUT2D eigenvalue weighted by atomic mass is 9.91. The first-order valence-corrected chi connectivity index (χ1v) is 7.54. The van der Waals surface area contributed by atoms with Gasteiger partial charge in [-0.15, -0.1) is 0 Å². The van der Waals surface area contributed by atoms with Crippen molar-refractivity contribution in [3.63, 3.8) is 0 Å². The molecule has 0 radical (unpaired) electrons. The Morgan fingerprint density at radius 2 is 1.81 bits per heavy atom. The number of hydrogen-bond acceptors (Lipinski definition) is 3. The number of methoxy groups -OCH3 is 2. The predicted octanol–water partition coefficient (Wildman–Crippen LogP) is 3.48. The summed E-state index contributed by atoms with van der Waals surface area (Å²) < 4.78 is 10.5. The lowest BCUT2D eigenvalue weighted by Crippen LogP contribution is -2.42. The number of carbonyl (C=O) groups excluding carboxylic acids is 1. The third-order valence-electron chi connectivity index (χ3n) is 3.84. The minimum atomic E-state index is -0.00347. The van der Waals surface area contributed by atoms with E-state index in [1.165, 1.54) is 14.2 Å². The normalized spacial score (nSPS) is 22.0. The Kier molecular flexibility index (Phi) is 4.99. The molecule has 1 amide bonds. The van der Waals surface area contributed by atoms with E-state index in [0.717, 1.165) is 19.5 Å². The van der Waals surface area contributed by atoms with Gasteiger partial charge < -0.3 is 14.4 Å². The molecule has 2 rings (SSSR count). The zero-order valence-electron chi connectivity index (χ0n) is 13.0. The molecule has 116 valence electrons. The number of halogens is 1. The van der Waals surface area contributed by atoms with E-state index in [9.17, 15) is 4.79 Å². The summed E-state index contributed by atoms with van der Waals surface area (Å²) in [4.78, 5) is 14.6. The van der Waals surface area contributed by atoms with Gasteiger partial charge in [0, 0.05) is 18.7 Å². The van der Waals surface area contributed by atoms with E-state index in [1.54, 1.807) is 12.1 Å². The maximum atomic E-state index is 12.7. The van der Waals surface area contributed by atoms with Gasteiger partial charge >= 0.3 is 0 Å². The highest BCUT2D eigenvalue weighted by molar-refractivity contribution is 6.32. The molecule has 0 aliphatic carbocycles. The molecule has 0 N–H and O–H groups in total. The fourth-order valence-corrected chi connectivity index (χ4v) is 3.34. The number of rotatable bonds is 3. The van der Waals surface area contributed by atoms with E-state index in [2.05, 4.69) is 13.8 Å². The number of amides is 1. The van der Waals surface area contributed by atoms with Crippen molar-refractivity contribution >= 4 is 17.5 Å². The van der Waals surface area contributed by atoms with Crippen molar-refractivity contribution in [3.05, 3.63) is 22.7 Å². The molecule has 1 fully saturated rings. The number of benzene rings is 1. The van der Waals surface area contributed by atoms with Gasteiger partial charge in [0.2, 0.25) is 0 Å². The van der Waals surface area contributed by atoms with Gasteiger partial charge in [0.05, 0.1) is 19.2 Å². The van der Waals surface area contributed by atoms with Gasteiger partial charge in [-0.1, -0.05) is 25.4 Å². The molecule has 0 saturated carbocycles. The lowest BCUT2D eigenvalue weighted by molar-refractivity contribution is 0.0622. The van der Waals surface area contributed by atoms with Gasteiger partial charge in [-0.3, -0.25) is 4.79 Å². The molecule has 2 atom stereocenters. The van der Waals surface area contributed by atoms with Crippen LogP contribution in [0, 0.1) is 11.8 Å². The Labute approximate surface area is 131 Å². The highest BCUT2D eigenvalue weighted by Crippen LogP contribution is 2.36. The molecule has 0 aromatic heterocycles. The van der Waals surface area contributed by atoms with E-state index in [0.29, 0.717) is 33.9 Å². The second-order valence-corrected chi connectivity index (χ2v) is 6.26. The molecule has 5 heteroatoms. The molecule has 21 heavy (non-hydrogen) atoms. The van der Waals surface area contributed by atoms with Crippen LogP contribution in [0.2, 0.25) is 5.02 Å². The summed E-state index contributed by atoms with van der Waals surface area (Å²) in [6.07, 6.45) is 1.16. The van der Waals surface area contributed by atoms with Crippen LogP contribution in [0.1, 0.15) is 30.6 Å². The standard InChI is InChI=1S/C16H22ClNO3/c1-10-5-11(2)9-18(8-10)16(19)12-6-13(17)15(21-4)14(7-12)20-3/h6-7,10-11H,5,8-9H2,1-4H3/t10-,11-/m0/s1. The summed E-state index contributed by atoms with van der Waals surface area (Å²) in [7, 11) is 3.06. The summed E-state index contributed by atoms with van der Waals surface area (Å²) in [5.41, 5.74) is 0.541. The van der Waals surface area contributed by atoms with Crippen LogP contribution in [0.25, 0.3) is 0 Å². The molecule has 0 bridgehead atoms. The average Bonchev–Trinajstić information content (AvgIpc) is 2.44. The average molecular weight is 312 g/mol. The molecule has 1 heterocycles. The Balaban J connectivity index is 2.29. The molecule has 4 nitrogen and oxygen atoms in total. The number of hydrogen-bond donors (Lipinski definition) is 0. The van der Waals surface area contributed by atoms with Crippen LogP contribution in [0.3, 0.4) is 0 Å². The summed E-state index contributed by atoms with van der Waals surface area (Å²) in [5.74, 6) is 1.97. The highest BCUT2D eigenvalue weighted by atomic mass is 35.5. The first kappa shape index (κ1) is 16.0. The van der Waals surface area contributed by atoms with Crippen molar-refractivity contribution in [2.24, 2.45) is 11.8 Å². The van der Waals surface area contributed by atoms with E-state index in [1.807, 2.05) is 4.90 Å². The second kappa shape index (κ2) is 6.56. The van der Waals surface area contributed by atoms with Crippen LogP contribution >= 0.6 is 11.6 Å². The Bertz CT molecular complexity index is 522. The van der Waals surface area contributed by atoms with Gasteiger partial charge in [-0.05, 0) is 30.4 Å². The van der Waals surface area contributed by atoms with Crippen LogP contribution in [-0.4, -0.2) is 38.1 Å². The SMILES string of the molecule is COc1cc(C(=O)N2C[C@@H](C)C[C@H](C)C2)cc(Cl)c1OC. The maximum absolute atomic E-state index is 12.7. The number of piperidine rings is 1. The van der Waals surface area contributed by atoms with Crippen molar-refractivity contribution in [3.8, 4) is 11.5 Å². The van der Waals surface area contributed by atoms with E-state index >= 15 is 0 Å². The number of ether oxygens (including phenoxy) is 2. The van der Waals surface area contributed by atoms with Crippen molar-refractivity contribution < 1.29 is 14.3 Å². The molecule has 1 saturated heterocycles. The van der Waals surface area contributed by atoms with Crippen LogP contribution in [0.4, 0.5) is 0 Å². The first-order valence-electron chi connectivity index (χ1n) is 7.17. The molecular formula is C16H22ClNO3. The van der Waals surface area contributed by atoms with Crippen molar-refractivity contribution in [2.45, 2.75) is 20.3 Å². The fourth-order valence-electron chi connectivity index (χ4n) is 3.05. The minimum absolute atomic E-state index is 0.00347. The van der Waals surface area contributed by atoms with Gasteiger partial charge in [0.1, 0.15) is 0 Å². The Hall–Kier alpha value is -1.42. The Morgan fingerprint density at radius 3 is 2.33 bits per heavy atom. The smallest absolute Gasteiger partial charge is 0.254 e. The zero-order valence-corrected chi connectivity index (χ0v) is 13.7. The second-order valence-electron chi connectivity index (χ2n) is 5.85. The quantitative estimate of drug-likeness (QED) is 0.858. The third-order valence-corrected chi connectivity index (χ3v) is 4.12. The zero-order chi connectivity index (χ0) is 15.6. The summed E-state index contributed by atoms with van der Waals surface area (Å²) in [6, 6.07) is 3.34. The van der Waals surface area contributed by atoms with Crippen molar-refractivity contribution in [1.29, 1.82) is 0 Å². The van der Waals surface area contributed by atoms with E-state index < -0.39 is 0 Å². The minimum Gasteiger partial charge on any atom is -0.493 e. The largest absolute Gasteiger partial charge is 0.493 e. The summed E-state index contributed by atoms with van der Waals surface area (Å²) in [6.45, 7) is 5.93. The third kappa shape index (κ3) is 3.43. The van der Waals surface area contributed by atoms with Crippen molar-refractivity contribution in [2.75, 3.05) is 27.3 Å². The van der Waals surface area contributed by atoms with Gasteiger partial charge in [-0.2, -0.15) is 0 Å². The fraction of sp³-hybridized carbons (Fsp3) is 0.562. The van der Waals surface area contributed by atoms with Crippen LogP contribution in [-0.2, 0) is 0 Å². The maximum Gasteiger partial charge on any atom is 0.254 e. The van der Waals surface area contributed by atoms with Crippen molar-refractivity contribution in [1.82, 2.24) is 4.90 Å². The number of nitrogens with zero attached hydrogens (tertiary/aromatic N) is 1. The molecule has 1 aromatic carbocycles. The molecule has 0 spiro atoms.